The summed E-state index contributed by atoms with van der Waals surface area (Å²) in [4.78, 5) is 15.8. The van der Waals surface area contributed by atoms with Crippen molar-refractivity contribution < 1.29 is 9.47 Å². The molecule has 0 spiro atoms. The number of hydrogen-bond donors (Lipinski definition) is 2. The minimum Gasteiger partial charge on any atom is -0.493 e. The van der Waals surface area contributed by atoms with Crippen LogP contribution < -0.4 is 14.8 Å². The van der Waals surface area contributed by atoms with Gasteiger partial charge in [-0.2, -0.15) is 9.97 Å². The Balaban J connectivity index is 2.04. The monoisotopic (exact) mass is 285 g/mol. The van der Waals surface area contributed by atoms with Gasteiger partial charge in [0.1, 0.15) is 5.52 Å². The molecular formula is C14H15N5O2. The van der Waals surface area contributed by atoms with Gasteiger partial charge in [0, 0.05) is 6.54 Å². The van der Waals surface area contributed by atoms with E-state index in [-0.39, 0.29) is 0 Å². The molecule has 0 saturated heterocycles. The number of nitrogens with one attached hydrogen (secondary N) is 2. The van der Waals surface area contributed by atoms with Crippen LogP contribution in [0, 0.1) is 0 Å². The molecule has 0 unspecified atom stereocenters. The Kier molecular flexibility index (Phi) is 3.55. The van der Waals surface area contributed by atoms with E-state index in [2.05, 4.69) is 25.3 Å². The molecule has 0 atom stereocenters. The van der Waals surface area contributed by atoms with Crippen molar-refractivity contribution in [1.82, 2.24) is 19.9 Å². The van der Waals surface area contributed by atoms with Crippen molar-refractivity contribution in [2.75, 3.05) is 19.0 Å². The van der Waals surface area contributed by atoms with Gasteiger partial charge in [0.25, 0.3) is 5.88 Å². The number of hydrogen-bond acceptors (Lipinski definition) is 6. The highest BCUT2D eigenvalue weighted by atomic mass is 16.5. The number of benzene rings is 1. The summed E-state index contributed by atoms with van der Waals surface area (Å²) in [7, 11) is 1.60. The van der Waals surface area contributed by atoms with E-state index < -0.39 is 0 Å². The second-order valence-corrected chi connectivity index (χ2v) is 4.24. The number of anilines is 1. The average Bonchev–Trinajstić information content (AvgIpc) is 2.97. The maximum absolute atomic E-state index is 5.87. The Morgan fingerprint density at radius 2 is 2.00 bits per heavy atom. The molecule has 1 aromatic carbocycles. The zero-order valence-electron chi connectivity index (χ0n) is 11.8. The van der Waals surface area contributed by atoms with Crippen molar-refractivity contribution in [3.63, 3.8) is 0 Å². The normalized spacial score (nSPS) is 10.6. The van der Waals surface area contributed by atoms with E-state index in [1.807, 2.05) is 31.2 Å². The molecular weight excluding hydrogens is 270 g/mol. The standard InChI is InChI=1S/C14H15N5O2/c1-3-15-14-18-12-11(16-8-17-12)13(19-14)21-10-7-5-4-6-9(10)20-2/h4-8H,3H2,1-2H3,(H2,15,16,17,18,19). The van der Waals surface area contributed by atoms with Gasteiger partial charge in [0.15, 0.2) is 17.1 Å². The number of aromatic nitrogens is 4. The van der Waals surface area contributed by atoms with Gasteiger partial charge in [0.05, 0.1) is 13.4 Å². The molecule has 2 aromatic heterocycles. The van der Waals surface area contributed by atoms with Gasteiger partial charge >= 0.3 is 0 Å². The number of methoxy groups -OCH3 is 1. The minimum atomic E-state index is 0.401. The summed E-state index contributed by atoms with van der Waals surface area (Å²) in [5.41, 5.74) is 1.19. The molecule has 7 nitrogen and oxygen atoms in total. The van der Waals surface area contributed by atoms with Crippen LogP contribution >= 0.6 is 0 Å². The fourth-order valence-corrected chi connectivity index (χ4v) is 1.92. The van der Waals surface area contributed by atoms with E-state index in [4.69, 9.17) is 9.47 Å². The topological polar surface area (TPSA) is 85.0 Å². The van der Waals surface area contributed by atoms with Crippen molar-refractivity contribution in [3.8, 4) is 17.4 Å². The van der Waals surface area contributed by atoms with E-state index in [0.717, 1.165) is 0 Å². The fraction of sp³-hybridized carbons (Fsp3) is 0.214. The zero-order valence-corrected chi connectivity index (χ0v) is 11.8. The SMILES string of the molecule is CCNc1nc(Oc2ccccc2OC)c2[nH]cnc2n1. The van der Waals surface area contributed by atoms with Crippen LogP contribution in [0.2, 0.25) is 0 Å². The molecule has 0 amide bonds. The molecule has 0 saturated carbocycles. The maximum atomic E-state index is 5.87. The molecule has 0 aliphatic rings. The molecule has 7 heteroatoms. The number of ether oxygens (including phenoxy) is 2. The summed E-state index contributed by atoms with van der Waals surface area (Å²) in [5.74, 6) is 2.09. The van der Waals surface area contributed by atoms with Crippen LogP contribution in [0.5, 0.6) is 17.4 Å². The second-order valence-electron chi connectivity index (χ2n) is 4.24. The molecule has 2 N–H and O–H groups in total. The van der Waals surface area contributed by atoms with Crippen LogP contribution in [0.3, 0.4) is 0 Å². The first-order chi connectivity index (χ1) is 10.3. The molecule has 2 heterocycles. The summed E-state index contributed by atoms with van der Waals surface area (Å²) >= 11 is 0. The summed E-state index contributed by atoms with van der Waals surface area (Å²) in [6, 6.07) is 7.39. The fourth-order valence-electron chi connectivity index (χ4n) is 1.92. The number of H-pyrrole nitrogens is 1. The predicted molar refractivity (Wildman–Crippen MR) is 78.9 cm³/mol. The van der Waals surface area contributed by atoms with E-state index >= 15 is 0 Å². The van der Waals surface area contributed by atoms with E-state index in [0.29, 0.717) is 41.0 Å². The third-order valence-electron chi connectivity index (χ3n) is 2.86. The first-order valence-electron chi connectivity index (χ1n) is 6.57. The van der Waals surface area contributed by atoms with Gasteiger partial charge in [-0.25, -0.2) is 4.98 Å². The Labute approximate surface area is 121 Å². The molecule has 0 fully saturated rings. The first kappa shape index (κ1) is 13.2. The predicted octanol–water partition coefficient (Wildman–Crippen LogP) is 2.59. The second kappa shape index (κ2) is 5.66. The third kappa shape index (κ3) is 2.58. The average molecular weight is 285 g/mol. The first-order valence-corrected chi connectivity index (χ1v) is 6.57. The lowest BCUT2D eigenvalue weighted by molar-refractivity contribution is 0.375. The Morgan fingerprint density at radius 3 is 2.76 bits per heavy atom. The number of para-hydroxylation sites is 2. The lowest BCUT2D eigenvalue weighted by Crippen LogP contribution is -2.03. The van der Waals surface area contributed by atoms with Gasteiger partial charge in [-0.1, -0.05) is 12.1 Å². The van der Waals surface area contributed by atoms with Crippen LogP contribution in [-0.4, -0.2) is 33.6 Å². The maximum Gasteiger partial charge on any atom is 0.250 e. The van der Waals surface area contributed by atoms with Crippen LogP contribution in [0.1, 0.15) is 6.92 Å². The smallest absolute Gasteiger partial charge is 0.250 e. The summed E-state index contributed by atoms with van der Waals surface area (Å²) in [6.45, 7) is 2.68. The van der Waals surface area contributed by atoms with Crippen LogP contribution in [0.15, 0.2) is 30.6 Å². The number of imidazole rings is 1. The Hall–Kier alpha value is -2.83. The third-order valence-corrected chi connectivity index (χ3v) is 2.86. The Bertz CT molecular complexity index is 756. The summed E-state index contributed by atoms with van der Waals surface area (Å²) in [6.07, 6.45) is 1.56. The van der Waals surface area contributed by atoms with E-state index in [1.54, 1.807) is 13.4 Å². The van der Waals surface area contributed by atoms with Gasteiger partial charge in [-0.05, 0) is 19.1 Å². The molecule has 0 bridgehead atoms. The molecule has 3 rings (SSSR count). The lowest BCUT2D eigenvalue weighted by Gasteiger charge is -2.10. The van der Waals surface area contributed by atoms with Crippen LogP contribution in [0.4, 0.5) is 5.95 Å². The van der Waals surface area contributed by atoms with Crippen molar-refractivity contribution in [2.24, 2.45) is 0 Å². The summed E-state index contributed by atoms with van der Waals surface area (Å²) in [5, 5.41) is 3.06. The van der Waals surface area contributed by atoms with Crippen molar-refractivity contribution in [2.45, 2.75) is 6.92 Å². The molecule has 21 heavy (non-hydrogen) atoms. The lowest BCUT2D eigenvalue weighted by atomic mass is 10.3. The number of nitrogens with zero attached hydrogens (tertiary/aromatic N) is 3. The highest BCUT2D eigenvalue weighted by molar-refractivity contribution is 5.77. The largest absolute Gasteiger partial charge is 0.493 e. The van der Waals surface area contributed by atoms with Crippen molar-refractivity contribution in [1.29, 1.82) is 0 Å². The molecule has 108 valence electrons. The minimum absolute atomic E-state index is 0.401. The van der Waals surface area contributed by atoms with Gasteiger partial charge < -0.3 is 19.8 Å². The van der Waals surface area contributed by atoms with Crippen LogP contribution in [-0.2, 0) is 0 Å². The molecule has 0 aliphatic heterocycles. The van der Waals surface area contributed by atoms with E-state index in [1.165, 1.54) is 0 Å². The number of rotatable bonds is 5. The highest BCUT2D eigenvalue weighted by Gasteiger charge is 2.13. The van der Waals surface area contributed by atoms with Crippen LogP contribution in [0.25, 0.3) is 11.2 Å². The zero-order chi connectivity index (χ0) is 14.7. The van der Waals surface area contributed by atoms with Crippen molar-refractivity contribution in [3.05, 3.63) is 30.6 Å². The highest BCUT2D eigenvalue weighted by Crippen LogP contribution is 2.32. The molecule has 3 aromatic rings. The van der Waals surface area contributed by atoms with Crippen molar-refractivity contribution >= 4 is 17.1 Å². The van der Waals surface area contributed by atoms with Gasteiger partial charge in [-0.3, -0.25) is 0 Å². The van der Waals surface area contributed by atoms with Gasteiger partial charge in [0.2, 0.25) is 5.95 Å². The van der Waals surface area contributed by atoms with E-state index in [9.17, 15) is 0 Å². The Morgan fingerprint density at radius 1 is 1.19 bits per heavy atom. The molecule has 0 radical (unpaired) electrons. The number of fused-ring (bicyclic) bond motifs is 1. The quantitative estimate of drug-likeness (QED) is 0.749. The summed E-state index contributed by atoms with van der Waals surface area (Å²) < 4.78 is 11.2. The molecule has 0 aliphatic carbocycles. The number of aromatic amines is 1. The van der Waals surface area contributed by atoms with Gasteiger partial charge in [-0.15, -0.1) is 0 Å².